The van der Waals surface area contributed by atoms with Gasteiger partial charge in [-0.3, -0.25) is 0 Å². The third-order valence-electron chi connectivity index (χ3n) is 1.19. The minimum Gasteiger partial charge on any atom is -0.312 e. The first-order valence-corrected chi connectivity index (χ1v) is 2.53. The molecule has 0 aliphatic rings. The first-order chi connectivity index (χ1) is 3.48. The summed E-state index contributed by atoms with van der Waals surface area (Å²) < 4.78 is 24.1. The molecule has 0 heterocycles. The lowest BCUT2D eigenvalue weighted by atomic mass is 10.2. The molecule has 0 spiro atoms. The predicted molar refractivity (Wildman–Crippen MR) is 29.1 cm³/mol. The summed E-state index contributed by atoms with van der Waals surface area (Å²) in [5.74, 6) is -2.60. The molecule has 0 saturated carbocycles. The summed E-state index contributed by atoms with van der Waals surface area (Å²) >= 11 is 0. The average Bonchev–Trinajstić information content (AvgIpc) is 1.62. The summed E-state index contributed by atoms with van der Waals surface area (Å²) in [5.41, 5.74) is 0. The summed E-state index contributed by atoms with van der Waals surface area (Å²) in [7, 11) is 1.52. The molecule has 1 atom stereocenters. The Kier molecular flexibility index (Phi) is 2.34. The fourth-order valence-corrected chi connectivity index (χ4v) is 0.253. The van der Waals surface area contributed by atoms with Gasteiger partial charge in [-0.1, -0.05) is 0 Å². The Bertz CT molecular complexity index is 67.3. The van der Waals surface area contributed by atoms with E-state index in [9.17, 15) is 8.78 Å². The molecule has 1 nitrogen and oxygen atoms in total. The topological polar surface area (TPSA) is 12.0 Å². The van der Waals surface area contributed by atoms with Crippen LogP contribution in [0.5, 0.6) is 0 Å². The van der Waals surface area contributed by atoms with Crippen molar-refractivity contribution < 1.29 is 8.78 Å². The second kappa shape index (κ2) is 2.40. The first kappa shape index (κ1) is 7.82. The molecule has 50 valence electrons. The van der Waals surface area contributed by atoms with E-state index in [-0.39, 0.29) is 0 Å². The van der Waals surface area contributed by atoms with Crippen molar-refractivity contribution in [3.05, 3.63) is 0 Å². The highest BCUT2D eigenvalue weighted by Gasteiger charge is 2.28. The van der Waals surface area contributed by atoms with Crippen molar-refractivity contribution in [1.82, 2.24) is 5.32 Å². The summed E-state index contributed by atoms with van der Waals surface area (Å²) in [6, 6.07) is -0.734. The lowest BCUT2D eigenvalue weighted by molar-refractivity contribution is -0.00956. The third-order valence-corrected chi connectivity index (χ3v) is 1.19. The molecule has 0 aliphatic heterocycles. The molecular formula is C5H11F2N. The SMILES string of the molecule is CN[C@@H](C)C(C)(F)F. The molecule has 0 radical (unpaired) electrons. The second-order valence-electron chi connectivity index (χ2n) is 1.97. The number of nitrogens with one attached hydrogen (secondary N) is 1. The van der Waals surface area contributed by atoms with Crippen LogP contribution in [0.1, 0.15) is 13.8 Å². The molecule has 0 rings (SSSR count). The van der Waals surface area contributed by atoms with E-state index in [1.165, 1.54) is 14.0 Å². The van der Waals surface area contributed by atoms with Crippen molar-refractivity contribution in [3.63, 3.8) is 0 Å². The maximum atomic E-state index is 12.1. The van der Waals surface area contributed by atoms with Gasteiger partial charge in [0.2, 0.25) is 0 Å². The fourth-order valence-electron chi connectivity index (χ4n) is 0.253. The molecule has 0 fully saturated rings. The molecular weight excluding hydrogens is 112 g/mol. The summed E-state index contributed by atoms with van der Waals surface area (Å²) in [6.45, 7) is 2.34. The van der Waals surface area contributed by atoms with Crippen LogP contribution >= 0.6 is 0 Å². The van der Waals surface area contributed by atoms with Gasteiger partial charge in [-0.05, 0) is 14.0 Å². The van der Waals surface area contributed by atoms with E-state index < -0.39 is 12.0 Å². The van der Waals surface area contributed by atoms with Gasteiger partial charge >= 0.3 is 0 Å². The van der Waals surface area contributed by atoms with Crippen molar-refractivity contribution in [2.45, 2.75) is 25.8 Å². The summed E-state index contributed by atoms with van der Waals surface area (Å²) in [4.78, 5) is 0. The second-order valence-corrected chi connectivity index (χ2v) is 1.97. The Morgan fingerprint density at radius 3 is 1.88 bits per heavy atom. The van der Waals surface area contributed by atoms with Crippen LogP contribution in [0.2, 0.25) is 0 Å². The van der Waals surface area contributed by atoms with Gasteiger partial charge in [0.15, 0.2) is 0 Å². The van der Waals surface area contributed by atoms with Gasteiger partial charge < -0.3 is 5.32 Å². The maximum absolute atomic E-state index is 12.1. The molecule has 0 aliphatic carbocycles. The van der Waals surface area contributed by atoms with Crippen molar-refractivity contribution in [2.24, 2.45) is 0 Å². The smallest absolute Gasteiger partial charge is 0.260 e. The Morgan fingerprint density at radius 1 is 1.50 bits per heavy atom. The van der Waals surface area contributed by atoms with Crippen LogP contribution in [0.25, 0.3) is 0 Å². The van der Waals surface area contributed by atoms with E-state index in [4.69, 9.17) is 0 Å². The third kappa shape index (κ3) is 2.21. The normalized spacial score (nSPS) is 16.1. The summed E-state index contributed by atoms with van der Waals surface area (Å²) in [5, 5.41) is 2.45. The zero-order valence-electron chi connectivity index (χ0n) is 5.33. The van der Waals surface area contributed by atoms with E-state index in [2.05, 4.69) is 5.32 Å². The van der Waals surface area contributed by atoms with E-state index >= 15 is 0 Å². The van der Waals surface area contributed by atoms with Crippen molar-refractivity contribution in [1.29, 1.82) is 0 Å². The number of rotatable bonds is 2. The quantitative estimate of drug-likeness (QED) is 0.582. The van der Waals surface area contributed by atoms with E-state index in [0.717, 1.165) is 6.92 Å². The van der Waals surface area contributed by atoms with Gasteiger partial charge in [0.25, 0.3) is 5.92 Å². The lowest BCUT2D eigenvalue weighted by Gasteiger charge is -2.17. The highest BCUT2D eigenvalue weighted by molar-refractivity contribution is 4.71. The highest BCUT2D eigenvalue weighted by Crippen LogP contribution is 2.15. The molecule has 0 amide bonds. The van der Waals surface area contributed by atoms with Crippen LogP contribution < -0.4 is 5.32 Å². The van der Waals surface area contributed by atoms with Gasteiger partial charge in [-0.2, -0.15) is 0 Å². The molecule has 0 aromatic rings. The molecule has 0 aromatic carbocycles. The lowest BCUT2D eigenvalue weighted by Crippen LogP contribution is -2.37. The van der Waals surface area contributed by atoms with Gasteiger partial charge in [0.05, 0.1) is 6.04 Å². The largest absolute Gasteiger partial charge is 0.312 e. The van der Waals surface area contributed by atoms with Gasteiger partial charge in [-0.25, -0.2) is 8.78 Å². The predicted octanol–water partition coefficient (Wildman–Crippen LogP) is 1.25. The number of alkyl halides is 2. The Labute approximate surface area is 48.1 Å². The number of halogens is 2. The van der Waals surface area contributed by atoms with Crippen LogP contribution in [0.3, 0.4) is 0 Å². The van der Waals surface area contributed by atoms with E-state index in [0.29, 0.717) is 0 Å². The van der Waals surface area contributed by atoms with Crippen LogP contribution in [0, 0.1) is 0 Å². The Morgan fingerprint density at radius 2 is 1.88 bits per heavy atom. The molecule has 0 saturated heterocycles. The minimum atomic E-state index is -2.60. The van der Waals surface area contributed by atoms with Gasteiger partial charge in [0.1, 0.15) is 0 Å². The molecule has 0 bridgehead atoms. The first-order valence-electron chi connectivity index (χ1n) is 2.53. The number of hydrogen-bond donors (Lipinski definition) is 1. The molecule has 3 heteroatoms. The zero-order chi connectivity index (χ0) is 6.78. The van der Waals surface area contributed by atoms with E-state index in [1.54, 1.807) is 0 Å². The standard InChI is InChI=1S/C5H11F2N/c1-4(8-3)5(2,6)7/h4,8H,1-3H3/t4-/m0/s1. The van der Waals surface area contributed by atoms with Crippen LogP contribution in [-0.4, -0.2) is 19.0 Å². The Hall–Kier alpha value is -0.180. The van der Waals surface area contributed by atoms with Crippen molar-refractivity contribution in [2.75, 3.05) is 7.05 Å². The van der Waals surface area contributed by atoms with Crippen LogP contribution in [0.4, 0.5) is 8.78 Å². The van der Waals surface area contributed by atoms with Gasteiger partial charge in [-0.15, -0.1) is 0 Å². The van der Waals surface area contributed by atoms with E-state index in [1.807, 2.05) is 0 Å². The fraction of sp³-hybridized carbons (Fsp3) is 1.00. The zero-order valence-corrected chi connectivity index (χ0v) is 5.33. The van der Waals surface area contributed by atoms with Crippen molar-refractivity contribution >= 4 is 0 Å². The minimum absolute atomic E-state index is 0.734. The maximum Gasteiger partial charge on any atom is 0.260 e. The summed E-state index contributed by atoms with van der Waals surface area (Å²) in [6.07, 6.45) is 0. The molecule has 8 heavy (non-hydrogen) atoms. The molecule has 0 aromatic heterocycles. The van der Waals surface area contributed by atoms with Crippen LogP contribution in [-0.2, 0) is 0 Å². The molecule has 0 unspecified atom stereocenters. The van der Waals surface area contributed by atoms with Crippen LogP contribution in [0.15, 0.2) is 0 Å². The van der Waals surface area contributed by atoms with Gasteiger partial charge in [0, 0.05) is 6.92 Å². The highest BCUT2D eigenvalue weighted by atomic mass is 19.3. The molecule has 1 N–H and O–H groups in total. The number of hydrogen-bond acceptors (Lipinski definition) is 1. The average molecular weight is 123 g/mol. The van der Waals surface area contributed by atoms with Crippen molar-refractivity contribution in [3.8, 4) is 0 Å². The Balaban J connectivity index is 3.62. The monoisotopic (exact) mass is 123 g/mol.